The van der Waals surface area contributed by atoms with E-state index in [1.54, 1.807) is 11.3 Å². The monoisotopic (exact) mass is 416 g/mol. The van der Waals surface area contributed by atoms with E-state index in [0.717, 1.165) is 49.0 Å². The molecular weight excluding hydrogens is 396 g/mol. The van der Waals surface area contributed by atoms with Gasteiger partial charge in [-0.1, -0.05) is 12.1 Å². The van der Waals surface area contributed by atoms with Crippen molar-refractivity contribution in [1.29, 1.82) is 0 Å². The number of thiazole rings is 1. The molecule has 5 aromatic rings. The highest BCUT2D eigenvalue weighted by molar-refractivity contribution is 7.21. The number of imidazole rings is 1. The summed E-state index contributed by atoms with van der Waals surface area (Å²) in [7, 11) is 1.93. The quantitative estimate of drug-likeness (QED) is 0.461. The van der Waals surface area contributed by atoms with E-state index in [0.29, 0.717) is 12.1 Å². The summed E-state index contributed by atoms with van der Waals surface area (Å²) in [6.07, 6.45) is 0. The number of amides is 1. The number of aromatic amines is 1. The van der Waals surface area contributed by atoms with Crippen molar-refractivity contribution in [3.63, 3.8) is 0 Å². The van der Waals surface area contributed by atoms with Crippen LogP contribution in [0.4, 0.5) is 0 Å². The molecule has 0 saturated carbocycles. The Bertz CT molecular complexity index is 1380. The van der Waals surface area contributed by atoms with Crippen LogP contribution < -0.4 is 5.32 Å². The zero-order chi connectivity index (χ0) is 20.8. The fraction of sp³-hybridized carbons (Fsp3) is 0.182. The molecule has 2 N–H and O–H groups in total. The van der Waals surface area contributed by atoms with Gasteiger partial charge < -0.3 is 10.3 Å². The first-order valence-electron chi connectivity index (χ1n) is 9.62. The van der Waals surface area contributed by atoms with Crippen LogP contribution in [0.1, 0.15) is 27.6 Å². The summed E-state index contributed by atoms with van der Waals surface area (Å²) in [5, 5.41) is 8.35. The topological polar surface area (TPSA) is 88.5 Å². The second-order valence-electron chi connectivity index (χ2n) is 7.25. The fourth-order valence-electron chi connectivity index (χ4n) is 3.61. The summed E-state index contributed by atoms with van der Waals surface area (Å²) < 4.78 is 2.84. The molecule has 0 fully saturated rings. The largest absolute Gasteiger partial charge is 0.345 e. The Morgan fingerprint density at radius 1 is 1.13 bits per heavy atom. The van der Waals surface area contributed by atoms with Crippen LogP contribution in [0.15, 0.2) is 42.5 Å². The number of aryl methyl sites for hydroxylation is 2. The van der Waals surface area contributed by atoms with E-state index >= 15 is 0 Å². The van der Waals surface area contributed by atoms with Crippen molar-refractivity contribution in [3.8, 4) is 10.6 Å². The normalized spacial score (nSPS) is 11.4. The molecule has 8 heteroatoms. The minimum Gasteiger partial charge on any atom is -0.345 e. The van der Waals surface area contributed by atoms with E-state index in [9.17, 15) is 4.79 Å². The number of carbonyl (C=O) groups excluding carboxylic acids is 1. The summed E-state index contributed by atoms with van der Waals surface area (Å²) in [5.41, 5.74) is 6.44. The molecule has 0 aliphatic heterocycles. The van der Waals surface area contributed by atoms with E-state index in [1.165, 1.54) is 0 Å². The zero-order valence-corrected chi connectivity index (χ0v) is 17.7. The SMILES string of the molecule is Cc1nn(C)c(C)c1-c1nc2ccc(C(=O)NCc3nc4ccccc4[nH]3)cc2s1. The minimum atomic E-state index is -0.138. The van der Waals surface area contributed by atoms with Gasteiger partial charge in [0.1, 0.15) is 10.8 Å². The number of fused-ring (bicyclic) bond motifs is 2. The van der Waals surface area contributed by atoms with Crippen LogP contribution in [0.25, 0.3) is 31.8 Å². The van der Waals surface area contributed by atoms with Crippen LogP contribution in [0.5, 0.6) is 0 Å². The number of para-hydroxylation sites is 2. The van der Waals surface area contributed by atoms with Gasteiger partial charge in [0.05, 0.1) is 39.1 Å². The average molecular weight is 417 g/mol. The molecule has 0 saturated heterocycles. The Labute approximate surface area is 176 Å². The van der Waals surface area contributed by atoms with Gasteiger partial charge in [0, 0.05) is 18.3 Å². The predicted molar refractivity (Wildman–Crippen MR) is 119 cm³/mol. The standard InChI is InChI=1S/C22H20N6OS/c1-12-20(13(2)28(3)27-12)22-26-17-9-8-14(10-18(17)30-22)21(29)23-11-19-24-15-6-4-5-7-16(15)25-19/h4-10H,11H2,1-3H3,(H,23,29)(H,24,25). The van der Waals surface area contributed by atoms with Gasteiger partial charge in [-0.25, -0.2) is 9.97 Å². The molecule has 30 heavy (non-hydrogen) atoms. The molecule has 3 aromatic heterocycles. The van der Waals surface area contributed by atoms with Crippen molar-refractivity contribution in [1.82, 2.24) is 30.0 Å². The van der Waals surface area contributed by atoms with E-state index in [4.69, 9.17) is 4.98 Å². The highest BCUT2D eigenvalue weighted by Gasteiger charge is 2.17. The van der Waals surface area contributed by atoms with Gasteiger partial charge in [0.15, 0.2) is 0 Å². The number of nitrogens with one attached hydrogen (secondary N) is 2. The molecule has 2 aromatic carbocycles. The Morgan fingerprint density at radius 3 is 2.73 bits per heavy atom. The third kappa shape index (κ3) is 3.15. The lowest BCUT2D eigenvalue weighted by molar-refractivity contribution is 0.0950. The maximum Gasteiger partial charge on any atom is 0.251 e. The van der Waals surface area contributed by atoms with Crippen molar-refractivity contribution in [2.45, 2.75) is 20.4 Å². The second-order valence-corrected chi connectivity index (χ2v) is 8.28. The molecule has 0 radical (unpaired) electrons. The lowest BCUT2D eigenvalue weighted by Crippen LogP contribution is -2.23. The van der Waals surface area contributed by atoms with Crippen molar-refractivity contribution < 1.29 is 4.79 Å². The lowest BCUT2D eigenvalue weighted by atomic mass is 10.2. The number of H-pyrrole nitrogens is 1. The molecule has 5 rings (SSSR count). The maximum atomic E-state index is 12.7. The first-order chi connectivity index (χ1) is 14.5. The summed E-state index contributed by atoms with van der Waals surface area (Å²) in [6, 6.07) is 13.4. The van der Waals surface area contributed by atoms with Gasteiger partial charge in [-0.2, -0.15) is 5.10 Å². The van der Waals surface area contributed by atoms with Crippen molar-refractivity contribution in [2.75, 3.05) is 0 Å². The minimum absolute atomic E-state index is 0.138. The van der Waals surface area contributed by atoms with Gasteiger partial charge in [0.2, 0.25) is 0 Å². The summed E-state index contributed by atoms with van der Waals surface area (Å²) >= 11 is 1.58. The fourth-order valence-corrected chi connectivity index (χ4v) is 4.77. The Balaban J connectivity index is 1.38. The van der Waals surface area contributed by atoms with Crippen LogP contribution in [0.3, 0.4) is 0 Å². The molecule has 0 unspecified atom stereocenters. The van der Waals surface area contributed by atoms with E-state index in [1.807, 2.05) is 68.0 Å². The lowest BCUT2D eigenvalue weighted by Gasteiger charge is -2.03. The number of benzene rings is 2. The van der Waals surface area contributed by atoms with Crippen LogP contribution in [0, 0.1) is 13.8 Å². The molecule has 0 spiro atoms. The molecule has 7 nitrogen and oxygen atoms in total. The van der Waals surface area contributed by atoms with Gasteiger partial charge in [-0.3, -0.25) is 9.48 Å². The number of carbonyl (C=O) groups is 1. The van der Waals surface area contributed by atoms with Crippen LogP contribution in [0.2, 0.25) is 0 Å². The van der Waals surface area contributed by atoms with Crippen molar-refractivity contribution >= 4 is 38.5 Å². The van der Waals surface area contributed by atoms with E-state index < -0.39 is 0 Å². The Hall–Kier alpha value is -3.52. The van der Waals surface area contributed by atoms with Crippen LogP contribution >= 0.6 is 11.3 Å². The molecular formula is C22H20N6OS. The van der Waals surface area contributed by atoms with E-state index in [-0.39, 0.29) is 5.91 Å². The maximum absolute atomic E-state index is 12.7. The summed E-state index contributed by atoms with van der Waals surface area (Å²) in [5.74, 6) is 0.592. The Kier molecular flexibility index (Phi) is 4.36. The third-order valence-corrected chi connectivity index (χ3v) is 6.26. The summed E-state index contributed by atoms with van der Waals surface area (Å²) in [6.45, 7) is 4.37. The highest BCUT2D eigenvalue weighted by atomic mass is 32.1. The average Bonchev–Trinajstić information content (AvgIpc) is 3.40. The number of nitrogens with zero attached hydrogens (tertiary/aromatic N) is 4. The third-order valence-electron chi connectivity index (χ3n) is 5.23. The molecule has 1 amide bonds. The molecule has 0 aliphatic carbocycles. The van der Waals surface area contributed by atoms with Gasteiger partial charge in [0.25, 0.3) is 5.91 Å². The highest BCUT2D eigenvalue weighted by Crippen LogP contribution is 2.34. The Morgan fingerprint density at radius 2 is 1.97 bits per heavy atom. The smallest absolute Gasteiger partial charge is 0.251 e. The van der Waals surface area contributed by atoms with Crippen LogP contribution in [-0.2, 0) is 13.6 Å². The second kappa shape index (κ2) is 7.07. The molecule has 150 valence electrons. The molecule has 3 heterocycles. The molecule has 0 aliphatic rings. The predicted octanol–water partition coefficient (Wildman–Crippen LogP) is 4.12. The van der Waals surface area contributed by atoms with E-state index in [2.05, 4.69) is 20.4 Å². The molecule has 0 bridgehead atoms. The number of hydrogen-bond donors (Lipinski definition) is 2. The van der Waals surface area contributed by atoms with Crippen LogP contribution in [-0.4, -0.2) is 30.6 Å². The van der Waals surface area contributed by atoms with Crippen molar-refractivity contribution in [3.05, 3.63) is 65.2 Å². The molecule has 0 atom stereocenters. The van der Waals surface area contributed by atoms with Gasteiger partial charge in [-0.15, -0.1) is 11.3 Å². The summed E-state index contributed by atoms with van der Waals surface area (Å²) in [4.78, 5) is 25.2. The van der Waals surface area contributed by atoms with Gasteiger partial charge >= 0.3 is 0 Å². The first-order valence-corrected chi connectivity index (χ1v) is 10.4. The number of rotatable bonds is 4. The first kappa shape index (κ1) is 18.5. The number of aromatic nitrogens is 5. The zero-order valence-electron chi connectivity index (χ0n) is 16.9. The van der Waals surface area contributed by atoms with Gasteiger partial charge in [-0.05, 0) is 44.2 Å². The number of hydrogen-bond acceptors (Lipinski definition) is 5. The van der Waals surface area contributed by atoms with Crippen molar-refractivity contribution in [2.24, 2.45) is 7.05 Å².